The second kappa shape index (κ2) is 9.12. The highest BCUT2D eigenvalue weighted by molar-refractivity contribution is 7.15. The lowest BCUT2D eigenvalue weighted by Gasteiger charge is -2.33. The fourth-order valence-corrected chi connectivity index (χ4v) is 6.79. The van der Waals surface area contributed by atoms with Crippen molar-refractivity contribution in [2.75, 3.05) is 12.4 Å². The van der Waals surface area contributed by atoms with E-state index in [9.17, 15) is 9.59 Å². The summed E-state index contributed by atoms with van der Waals surface area (Å²) < 4.78 is 7.18. The van der Waals surface area contributed by atoms with E-state index in [-0.39, 0.29) is 23.6 Å². The number of aryl methyl sites for hydroxylation is 1. The molecule has 0 radical (unpaired) electrons. The number of hydrogen-bond acceptors (Lipinski definition) is 4. The van der Waals surface area contributed by atoms with E-state index in [1.54, 1.807) is 18.2 Å². The number of methoxy groups -OCH3 is 1. The van der Waals surface area contributed by atoms with Crippen LogP contribution in [-0.4, -0.2) is 28.6 Å². The smallest absolute Gasteiger partial charge is 0.339 e. The van der Waals surface area contributed by atoms with Crippen molar-refractivity contribution in [3.05, 3.63) is 68.8 Å². The van der Waals surface area contributed by atoms with Crippen molar-refractivity contribution in [3.63, 3.8) is 0 Å². The van der Waals surface area contributed by atoms with Crippen molar-refractivity contribution in [1.29, 1.82) is 0 Å². The fourth-order valence-electron chi connectivity index (χ4n) is 5.22. The molecule has 0 fully saturated rings. The molecule has 3 aromatic rings. The van der Waals surface area contributed by atoms with E-state index < -0.39 is 5.97 Å². The van der Waals surface area contributed by atoms with E-state index in [0.29, 0.717) is 17.3 Å². The number of hydrogen-bond donors (Lipinski definition) is 1. The number of ether oxygens (including phenoxy) is 1. The van der Waals surface area contributed by atoms with E-state index in [1.807, 2.05) is 16.2 Å². The molecule has 2 aliphatic rings. The summed E-state index contributed by atoms with van der Waals surface area (Å²) in [6, 6.07) is 8.55. The summed E-state index contributed by atoms with van der Waals surface area (Å²) in [5, 5.41) is 4.63. The summed E-state index contributed by atoms with van der Waals surface area (Å²) in [6.07, 6.45) is 6.67. The van der Waals surface area contributed by atoms with Crippen LogP contribution in [0.2, 0.25) is 5.02 Å². The number of urea groups is 1. The van der Waals surface area contributed by atoms with Crippen LogP contribution in [-0.2, 0) is 24.1 Å². The van der Waals surface area contributed by atoms with Gasteiger partial charge in [-0.05, 0) is 67.5 Å². The summed E-state index contributed by atoms with van der Waals surface area (Å²) in [7, 11) is 1.32. The Balaban J connectivity index is 1.59. The monoisotopic (exact) mass is 497 g/mol. The van der Waals surface area contributed by atoms with Crippen LogP contribution in [0, 0.1) is 5.92 Å². The minimum absolute atomic E-state index is 0.130. The number of thiophene rings is 1. The maximum atomic E-state index is 13.9. The molecule has 0 bridgehead atoms. The highest BCUT2D eigenvalue weighted by Crippen LogP contribution is 2.44. The second-order valence-corrected chi connectivity index (χ2v) is 10.7. The van der Waals surface area contributed by atoms with Gasteiger partial charge >= 0.3 is 12.0 Å². The number of nitrogens with zero attached hydrogens (tertiary/aromatic N) is 2. The van der Waals surface area contributed by atoms with Crippen molar-refractivity contribution in [1.82, 2.24) is 9.47 Å². The Bertz CT molecular complexity index is 1260. The number of halogens is 1. The molecule has 1 atom stereocenters. The Hall–Kier alpha value is -2.77. The van der Waals surface area contributed by atoms with Crippen LogP contribution in [0.3, 0.4) is 0 Å². The number of rotatable bonds is 3. The topological polar surface area (TPSA) is 63.6 Å². The Kier molecular flexibility index (Phi) is 6.16. The first-order chi connectivity index (χ1) is 16.4. The van der Waals surface area contributed by atoms with Gasteiger partial charge in [-0.3, -0.25) is 0 Å². The van der Waals surface area contributed by atoms with Gasteiger partial charge in [0.05, 0.1) is 30.9 Å². The van der Waals surface area contributed by atoms with Gasteiger partial charge in [0.2, 0.25) is 0 Å². The number of benzene rings is 1. The predicted molar refractivity (Wildman–Crippen MR) is 135 cm³/mol. The Labute approximate surface area is 208 Å². The minimum atomic E-state index is -0.522. The van der Waals surface area contributed by atoms with Crippen LogP contribution in [0.4, 0.5) is 10.5 Å². The SMILES string of the molecule is COC(=O)c1ccc(Cl)cc1NC(=O)N1Cc2c(sc3c2CCCC3)-n2cccc2[C@H]1C(C)C. The van der Waals surface area contributed by atoms with Gasteiger partial charge in [0.15, 0.2) is 0 Å². The van der Waals surface area contributed by atoms with Crippen LogP contribution in [0.15, 0.2) is 36.5 Å². The summed E-state index contributed by atoms with van der Waals surface area (Å²) in [4.78, 5) is 29.5. The minimum Gasteiger partial charge on any atom is -0.465 e. The van der Waals surface area contributed by atoms with E-state index in [4.69, 9.17) is 16.3 Å². The molecule has 3 heterocycles. The van der Waals surface area contributed by atoms with Gasteiger partial charge in [0.1, 0.15) is 5.00 Å². The zero-order valence-electron chi connectivity index (χ0n) is 19.6. The molecule has 1 N–H and O–H groups in total. The van der Waals surface area contributed by atoms with Gasteiger partial charge in [-0.15, -0.1) is 11.3 Å². The third-order valence-corrected chi connectivity index (χ3v) is 8.32. The third kappa shape index (κ3) is 3.91. The molecule has 1 aliphatic carbocycles. The van der Waals surface area contributed by atoms with E-state index in [0.717, 1.165) is 18.5 Å². The van der Waals surface area contributed by atoms with E-state index >= 15 is 0 Å². The number of fused-ring (bicyclic) bond motifs is 5. The molecule has 0 spiro atoms. The van der Waals surface area contributed by atoms with Gasteiger partial charge in [0.25, 0.3) is 0 Å². The van der Waals surface area contributed by atoms with Crippen LogP contribution in [0.1, 0.15) is 64.8 Å². The molecule has 2 aromatic heterocycles. The van der Waals surface area contributed by atoms with Gasteiger partial charge < -0.3 is 19.5 Å². The summed E-state index contributed by atoms with van der Waals surface area (Å²) in [5.74, 6) is -0.338. The van der Waals surface area contributed by atoms with Gasteiger partial charge in [-0.25, -0.2) is 9.59 Å². The van der Waals surface area contributed by atoms with Crippen molar-refractivity contribution in [2.24, 2.45) is 5.92 Å². The van der Waals surface area contributed by atoms with Crippen molar-refractivity contribution >= 4 is 40.6 Å². The van der Waals surface area contributed by atoms with Gasteiger partial charge in [-0.2, -0.15) is 0 Å². The molecule has 34 heavy (non-hydrogen) atoms. The quantitative estimate of drug-likeness (QED) is 0.414. The lowest BCUT2D eigenvalue weighted by Crippen LogP contribution is -2.40. The van der Waals surface area contributed by atoms with Crippen molar-refractivity contribution < 1.29 is 14.3 Å². The zero-order chi connectivity index (χ0) is 24.0. The van der Waals surface area contributed by atoms with Crippen LogP contribution in [0.25, 0.3) is 5.00 Å². The molecule has 178 valence electrons. The Morgan fingerprint density at radius 2 is 1.97 bits per heavy atom. The number of carbonyl (C=O) groups is 2. The molecule has 0 saturated carbocycles. The molecule has 0 unspecified atom stereocenters. The Morgan fingerprint density at radius 3 is 2.74 bits per heavy atom. The van der Waals surface area contributed by atoms with Crippen LogP contribution < -0.4 is 5.32 Å². The maximum Gasteiger partial charge on any atom is 0.339 e. The third-order valence-electron chi connectivity index (χ3n) is 6.75. The number of nitrogens with one attached hydrogen (secondary N) is 1. The first-order valence-electron chi connectivity index (χ1n) is 11.7. The lowest BCUT2D eigenvalue weighted by molar-refractivity contribution is 0.0602. The van der Waals surface area contributed by atoms with Gasteiger partial charge in [-0.1, -0.05) is 25.4 Å². The highest BCUT2D eigenvalue weighted by Gasteiger charge is 2.36. The first-order valence-corrected chi connectivity index (χ1v) is 12.8. The molecule has 1 aliphatic heterocycles. The molecule has 1 aromatic carbocycles. The largest absolute Gasteiger partial charge is 0.465 e. The highest BCUT2D eigenvalue weighted by atomic mass is 35.5. The molecule has 5 rings (SSSR count). The zero-order valence-corrected chi connectivity index (χ0v) is 21.1. The first kappa shape index (κ1) is 23.0. The van der Waals surface area contributed by atoms with Crippen molar-refractivity contribution in [2.45, 2.75) is 52.1 Å². The summed E-state index contributed by atoms with van der Waals surface area (Å²) in [5.41, 5.74) is 4.37. The van der Waals surface area contributed by atoms with Crippen molar-refractivity contribution in [3.8, 4) is 5.00 Å². The molecular weight excluding hydrogens is 470 g/mol. The molecule has 6 nitrogen and oxygen atoms in total. The fraction of sp³-hybridized carbons (Fsp3) is 0.385. The van der Waals surface area contributed by atoms with Crippen LogP contribution >= 0.6 is 22.9 Å². The van der Waals surface area contributed by atoms with Crippen LogP contribution in [0.5, 0.6) is 0 Å². The number of amides is 2. The Morgan fingerprint density at radius 1 is 1.18 bits per heavy atom. The summed E-state index contributed by atoms with van der Waals surface area (Å²) >= 11 is 8.07. The standard InChI is InChI=1S/C26H28ClN3O3S/c1-15(2)23-21-8-6-12-29(21)24-19(17-7-4-5-9-22(17)34-24)14-30(23)26(32)28-20-13-16(27)10-11-18(20)25(31)33-3/h6,8,10-13,15,23H,4-5,7,9,14H2,1-3H3,(H,28,32)/t23-/m1/s1. The average molecular weight is 498 g/mol. The maximum absolute atomic E-state index is 13.9. The molecule has 0 saturated heterocycles. The molecule has 8 heteroatoms. The lowest BCUT2D eigenvalue weighted by atomic mass is 9.94. The second-order valence-electron chi connectivity index (χ2n) is 9.23. The van der Waals surface area contributed by atoms with Gasteiger partial charge in [0, 0.05) is 27.4 Å². The summed E-state index contributed by atoms with van der Waals surface area (Å²) in [6.45, 7) is 4.79. The predicted octanol–water partition coefficient (Wildman–Crippen LogP) is 6.60. The van der Waals surface area contributed by atoms with E-state index in [2.05, 4.69) is 42.1 Å². The molecular formula is C26H28ClN3O3S. The van der Waals surface area contributed by atoms with E-state index in [1.165, 1.54) is 41.0 Å². The normalized spacial score (nSPS) is 17.0. The average Bonchev–Trinajstić information content (AvgIpc) is 3.40. The number of anilines is 1. The molecule has 2 amide bonds. The number of aromatic nitrogens is 1. The number of carbonyl (C=O) groups excluding carboxylic acids is 2. The number of esters is 1.